The van der Waals surface area contributed by atoms with Gasteiger partial charge in [0.2, 0.25) is 0 Å². The van der Waals surface area contributed by atoms with E-state index in [0.717, 1.165) is 25.0 Å². The molecule has 3 heteroatoms. The number of ether oxygens (including phenoxy) is 1. The maximum absolute atomic E-state index is 10.4. The normalized spacial score (nSPS) is 12.1. The summed E-state index contributed by atoms with van der Waals surface area (Å²) in [5.41, 5.74) is 0. The second-order valence-corrected chi connectivity index (χ2v) is 4.34. The lowest BCUT2D eigenvalue weighted by Crippen LogP contribution is -2.05. The SMILES string of the molecule is CC(CCCC(=O)O)CCOc1ccccc1. The topological polar surface area (TPSA) is 46.5 Å². The van der Waals surface area contributed by atoms with Gasteiger partial charge < -0.3 is 9.84 Å². The van der Waals surface area contributed by atoms with Crippen LogP contribution in [-0.4, -0.2) is 17.7 Å². The van der Waals surface area contributed by atoms with Crippen LogP contribution in [0.2, 0.25) is 0 Å². The summed E-state index contributed by atoms with van der Waals surface area (Å²) in [5, 5.41) is 8.53. The van der Waals surface area contributed by atoms with Crippen LogP contribution in [0.4, 0.5) is 0 Å². The summed E-state index contributed by atoms with van der Waals surface area (Å²) in [7, 11) is 0. The summed E-state index contributed by atoms with van der Waals surface area (Å²) < 4.78 is 5.59. The molecule has 0 saturated carbocycles. The Hall–Kier alpha value is -1.51. The Labute approximate surface area is 102 Å². The van der Waals surface area contributed by atoms with Crippen molar-refractivity contribution in [2.24, 2.45) is 5.92 Å². The van der Waals surface area contributed by atoms with E-state index in [2.05, 4.69) is 6.92 Å². The monoisotopic (exact) mass is 236 g/mol. The highest BCUT2D eigenvalue weighted by atomic mass is 16.5. The molecule has 0 aromatic heterocycles. The number of benzene rings is 1. The van der Waals surface area contributed by atoms with Crippen molar-refractivity contribution in [1.29, 1.82) is 0 Å². The average molecular weight is 236 g/mol. The molecule has 0 fully saturated rings. The molecule has 3 nitrogen and oxygen atoms in total. The van der Waals surface area contributed by atoms with Crippen molar-refractivity contribution in [3.8, 4) is 5.75 Å². The van der Waals surface area contributed by atoms with E-state index in [1.54, 1.807) is 0 Å². The molecule has 0 saturated heterocycles. The molecule has 17 heavy (non-hydrogen) atoms. The van der Waals surface area contributed by atoms with Gasteiger partial charge >= 0.3 is 5.97 Å². The van der Waals surface area contributed by atoms with Gasteiger partial charge in [0.1, 0.15) is 5.75 Å². The summed E-state index contributed by atoms with van der Waals surface area (Å²) in [6.45, 7) is 2.83. The lowest BCUT2D eigenvalue weighted by atomic mass is 10.0. The van der Waals surface area contributed by atoms with Crippen LogP contribution in [-0.2, 0) is 4.79 Å². The summed E-state index contributed by atoms with van der Waals surface area (Å²) in [5.74, 6) is 0.695. The zero-order valence-corrected chi connectivity index (χ0v) is 10.3. The molecule has 0 aliphatic heterocycles. The van der Waals surface area contributed by atoms with Crippen LogP contribution in [0.15, 0.2) is 30.3 Å². The van der Waals surface area contributed by atoms with Gasteiger partial charge in [0.15, 0.2) is 0 Å². The van der Waals surface area contributed by atoms with Crippen LogP contribution in [0.5, 0.6) is 5.75 Å². The van der Waals surface area contributed by atoms with Crippen molar-refractivity contribution in [3.05, 3.63) is 30.3 Å². The van der Waals surface area contributed by atoms with Gasteiger partial charge in [-0.2, -0.15) is 0 Å². The molecule has 1 unspecified atom stereocenters. The number of rotatable bonds is 8. The zero-order chi connectivity index (χ0) is 12.5. The Morgan fingerprint density at radius 3 is 2.65 bits per heavy atom. The van der Waals surface area contributed by atoms with Crippen molar-refractivity contribution < 1.29 is 14.6 Å². The fourth-order valence-electron chi connectivity index (χ4n) is 1.64. The Morgan fingerprint density at radius 2 is 2.00 bits per heavy atom. The molecule has 0 heterocycles. The number of para-hydroxylation sites is 1. The molecule has 0 spiro atoms. The standard InChI is InChI=1S/C14H20O3/c1-12(6-5-9-14(15)16)10-11-17-13-7-3-2-4-8-13/h2-4,7-8,12H,5-6,9-11H2,1H3,(H,15,16). The van der Waals surface area contributed by atoms with Crippen LogP contribution in [0.25, 0.3) is 0 Å². The Kier molecular flexibility index (Phi) is 6.15. The first-order valence-electron chi connectivity index (χ1n) is 6.08. The van der Waals surface area contributed by atoms with Gasteiger partial charge in [0, 0.05) is 6.42 Å². The fourth-order valence-corrected chi connectivity index (χ4v) is 1.64. The molecule has 1 aromatic rings. The number of carboxylic acids is 1. The van der Waals surface area contributed by atoms with E-state index < -0.39 is 5.97 Å². The maximum Gasteiger partial charge on any atom is 0.303 e. The quantitative estimate of drug-likeness (QED) is 0.753. The number of hydrogen-bond acceptors (Lipinski definition) is 2. The van der Waals surface area contributed by atoms with Gasteiger partial charge in [-0.05, 0) is 30.9 Å². The predicted molar refractivity (Wildman–Crippen MR) is 67.2 cm³/mol. The van der Waals surface area contributed by atoms with Crippen molar-refractivity contribution in [3.63, 3.8) is 0 Å². The molecular formula is C14H20O3. The third-order valence-corrected chi connectivity index (χ3v) is 2.71. The van der Waals surface area contributed by atoms with Crippen molar-refractivity contribution in [2.45, 2.75) is 32.6 Å². The van der Waals surface area contributed by atoms with Gasteiger partial charge in [0.25, 0.3) is 0 Å². The van der Waals surface area contributed by atoms with Gasteiger partial charge in [-0.3, -0.25) is 4.79 Å². The number of aliphatic carboxylic acids is 1. The van der Waals surface area contributed by atoms with Crippen LogP contribution in [0.3, 0.4) is 0 Å². The fraction of sp³-hybridized carbons (Fsp3) is 0.500. The van der Waals surface area contributed by atoms with Crippen LogP contribution in [0.1, 0.15) is 32.6 Å². The summed E-state index contributed by atoms with van der Waals surface area (Å²) in [4.78, 5) is 10.4. The second kappa shape index (κ2) is 7.71. The van der Waals surface area contributed by atoms with Gasteiger partial charge in [-0.15, -0.1) is 0 Å². The Bertz CT molecular complexity index is 321. The van der Waals surface area contributed by atoms with Gasteiger partial charge in [0.05, 0.1) is 6.61 Å². The highest BCUT2D eigenvalue weighted by molar-refractivity contribution is 5.66. The summed E-state index contributed by atoms with van der Waals surface area (Å²) in [6, 6.07) is 9.74. The number of carboxylic acid groups (broad SMARTS) is 1. The second-order valence-electron chi connectivity index (χ2n) is 4.34. The predicted octanol–water partition coefficient (Wildman–Crippen LogP) is 3.35. The first-order chi connectivity index (χ1) is 8.18. The minimum atomic E-state index is -0.710. The zero-order valence-electron chi connectivity index (χ0n) is 10.3. The van der Waals surface area contributed by atoms with E-state index in [0.29, 0.717) is 12.5 Å². The molecule has 0 radical (unpaired) electrons. The number of carbonyl (C=O) groups is 1. The first kappa shape index (κ1) is 13.6. The van der Waals surface area contributed by atoms with Gasteiger partial charge in [-0.1, -0.05) is 31.5 Å². The minimum absolute atomic E-state index is 0.268. The van der Waals surface area contributed by atoms with E-state index in [1.807, 2.05) is 30.3 Å². The molecule has 0 amide bonds. The third-order valence-electron chi connectivity index (χ3n) is 2.71. The third kappa shape index (κ3) is 6.61. The van der Waals surface area contributed by atoms with E-state index in [4.69, 9.17) is 9.84 Å². The molecule has 1 atom stereocenters. The molecule has 1 aromatic carbocycles. The molecule has 0 bridgehead atoms. The Balaban J connectivity index is 2.08. The van der Waals surface area contributed by atoms with Crippen molar-refractivity contribution >= 4 is 5.97 Å². The van der Waals surface area contributed by atoms with E-state index in [1.165, 1.54) is 0 Å². The summed E-state index contributed by atoms with van der Waals surface area (Å²) in [6.07, 6.45) is 2.94. The van der Waals surface area contributed by atoms with Crippen molar-refractivity contribution in [1.82, 2.24) is 0 Å². The molecule has 1 N–H and O–H groups in total. The van der Waals surface area contributed by atoms with E-state index >= 15 is 0 Å². The van der Waals surface area contributed by atoms with Crippen LogP contribution < -0.4 is 4.74 Å². The molecular weight excluding hydrogens is 216 g/mol. The Morgan fingerprint density at radius 1 is 1.29 bits per heavy atom. The van der Waals surface area contributed by atoms with Gasteiger partial charge in [-0.25, -0.2) is 0 Å². The molecule has 94 valence electrons. The highest BCUT2D eigenvalue weighted by Gasteiger charge is 2.04. The minimum Gasteiger partial charge on any atom is -0.494 e. The lowest BCUT2D eigenvalue weighted by Gasteiger charge is -2.11. The van der Waals surface area contributed by atoms with Crippen LogP contribution >= 0.6 is 0 Å². The lowest BCUT2D eigenvalue weighted by molar-refractivity contribution is -0.137. The average Bonchev–Trinajstić information content (AvgIpc) is 2.30. The van der Waals surface area contributed by atoms with E-state index in [9.17, 15) is 4.79 Å². The maximum atomic E-state index is 10.4. The highest BCUT2D eigenvalue weighted by Crippen LogP contribution is 2.14. The molecule has 0 aliphatic rings. The molecule has 1 rings (SSSR count). The first-order valence-corrected chi connectivity index (χ1v) is 6.08. The molecule has 0 aliphatic carbocycles. The van der Waals surface area contributed by atoms with Crippen LogP contribution in [0, 0.1) is 5.92 Å². The number of hydrogen-bond donors (Lipinski definition) is 1. The largest absolute Gasteiger partial charge is 0.494 e. The van der Waals surface area contributed by atoms with Crippen molar-refractivity contribution in [2.75, 3.05) is 6.61 Å². The smallest absolute Gasteiger partial charge is 0.303 e. The summed E-state index contributed by atoms with van der Waals surface area (Å²) >= 11 is 0. The van der Waals surface area contributed by atoms with E-state index in [-0.39, 0.29) is 6.42 Å².